The molecule has 10 nitrogen and oxygen atoms in total. The predicted octanol–water partition coefficient (Wildman–Crippen LogP) is 1.96. The summed E-state index contributed by atoms with van der Waals surface area (Å²) in [5.41, 5.74) is -0.479. The molecule has 0 bridgehead atoms. The minimum atomic E-state index is -4.32. The summed E-state index contributed by atoms with van der Waals surface area (Å²) in [6.45, 7) is -0.438. The molecular formula is C16H14N2O8S. The van der Waals surface area contributed by atoms with E-state index >= 15 is 0 Å². The average Bonchev–Trinajstić information content (AvgIpc) is 2.62. The zero-order chi connectivity index (χ0) is 20.2. The van der Waals surface area contributed by atoms with E-state index in [0.29, 0.717) is 0 Å². The van der Waals surface area contributed by atoms with Crippen LogP contribution in [0, 0.1) is 10.1 Å². The highest BCUT2D eigenvalue weighted by Crippen LogP contribution is 2.26. The van der Waals surface area contributed by atoms with Gasteiger partial charge in [0.2, 0.25) is 0 Å². The van der Waals surface area contributed by atoms with Crippen molar-refractivity contribution in [3.8, 4) is 0 Å². The van der Waals surface area contributed by atoms with Gasteiger partial charge in [-0.05, 0) is 30.3 Å². The summed E-state index contributed by atoms with van der Waals surface area (Å²) >= 11 is 0. The molecule has 0 aromatic heterocycles. The van der Waals surface area contributed by atoms with Crippen molar-refractivity contribution in [3.05, 3.63) is 64.2 Å². The first-order valence-electron chi connectivity index (χ1n) is 7.45. The summed E-state index contributed by atoms with van der Waals surface area (Å²) in [4.78, 5) is 31.6. The molecule has 11 heteroatoms. The Hall–Kier alpha value is -3.47. The Labute approximate surface area is 153 Å². The van der Waals surface area contributed by atoms with Gasteiger partial charge in [-0.3, -0.25) is 19.2 Å². The summed E-state index contributed by atoms with van der Waals surface area (Å²) in [5.74, 6) is -2.45. The topological polar surface area (TPSA) is 155 Å². The molecule has 2 rings (SSSR count). The number of nitrogens with zero attached hydrogens (tertiary/aromatic N) is 2. The zero-order valence-electron chi connectivity index (χ0n) is 13.7. The lowest BCUT2D eigenvalue weighted by molar-refractivity contribution is -0.385. The first kappa shape index (κ1) is 19.8. The second-order valence-electron chi connectivity index (χ2n) is 5.33. The van der Waals surface area contributed by atoms with Crippen molar-refractivity contribution in [2.45, 2.75) is 11.3 Å². The van der Waals surface area contributed by atoms with E-state index in [0.717, 1.165) is 22.5 Å². The molecule has 2 N–H and O–H groups in total. The average molecular weight is 394 g/mol. The quantitative estimate of drug-likeness (QED) is 0.508. The molecule has 0 saturated carbocycles. The predicted molar refractivity (Wildman–Crippen MR) is 93.3 cm³/mol. The SMILES string of the molecule is O=C(O)CCN(c1ccc(C(=O)O)cc1)S(=O)(=O)c1cccc([N+](=O)[O-])c1. The van der Waals surface area contributed by atoms with Gasteiger partial charge in [-0.15, -0.1) is 0 Å². The minimum Gasteiger partial charge on any atom is -0.481 e. The number of carboxylic acid groups (broad SMARTS) is 2. The number of anilines is 1. The Bertz CT molecular complexity index is 986. The van der Waals surface area contributed by atoms with Crippen LogP contribution in [-0.2, 0) is 14.8 Å². The van der Waals surface area contributed by atoms with Crippen molar-refractivity contribution in [1.82, 2.24) is 0 Å². The van der Waals surface area contributed by atoms with Gasteiger partial charge in [0.15, 0.2) is 0 Å². The van der Waals surface area contributed by atoms with Gasteiger partial charge in [0, 0.05) is 18.7 Å². The van der Waals surface area contributed by atoms with Gasteiger partial charge >= 0.3 is 11.9 Å². The Kier molecular flexibility index (Phi) is 5.75. The summed E-state index contributed by atoms with van der Waals surface area (Å²) in [7, 11) is -4.32. The molecule has 0 spiro atoms. The van der Waals surface area contributed by atoms with Crippen molar-refractivity contribution in [2.24, 2.45) is 0 Å². The van der Waals surface area contributed by atoms with Crippen LogP contribution in [0.25, 0.3) is 0 Å². The Morgan fingerprint density at radius 1 is 1.07 bits per heavy atom. The normalized spacial score (nSPS) is 11.0. The third-order valence-electron chi connectivity index (χ3n) is 3.55. The molecule has 0 aliphatic carbocycles. The number of aromatic carboxylic acids is 1. The third-order valence-corrected chi connectivity index (χ3v) is 5.37. The maximum absolute atomic E-state index is 12.9. The molecule has 0 amide bonds. The lowest BCUT2D eigenvalue weighted by Crippen LogP contribution is -2.33. The van der Waals surface area contributed by atoms with Gasteiger partial charge < -0.3 is 10.2 Å². The smallest absolute Gasteiger partial charge is 0.335 e. The van der Waals surface area contributed by atoms with Gasteiger partial charge in [0.05, 0.1) is 27.5 Å². The van der Waals surface area contributed by atoms with Crippen molar-refractivity contribution in [2.75, 3.05) is 10.8 Å². The van der Waals surface area contributed by atoms with Crippen LogP contribution in [0.4, 0.5) is 11.4 Å². The maximum atomic E-state index is 12.9. The molecule has 0 unspecified atom stereocenters. The second-order valence-corrected chi connectivity index (χ2v) is 7.19. The first-order valence-corrected chi connectivity index (χ1v) is 8.89. The van der Waals surface area contributed by atoms with Crippen LogP contribution in [-0.4, -0.2) is 42.0 Å². The van der Waals surface area contributed by atoms with Crippen LogP contribution in [0.15, 0.2) is 53.4 Å². The van der Waals surface area contributed by atoms with Crippen molar-refractivity contribution >= 4 is 33.3 Å². The number of benzene rings is 2. The third kappa shape index (κ3) is 4.58. The van der Waals surface area contributed by atoms with Crippen molar-refractivity contribution in [3.63, 3.8) is 0 Å². The van der Waals surface area contributed by atoms with Crippen LogP contribution in [0.5, 0.6) is 0 Å². The summed E-state index contributed by atoms with van der Waals surface area (Å²) in [5, 5.41) is 28.7. The molecule has 0 radical (unpaired) electrons. The van der Waals surface area contributed by atoms with Gasteiger partial charge in [-0.25, -0.2) is 13.2 Å². The van der Waals surface area contributed by atoms with E-state index in [1.165, 1.54) is 30.3 Å². The molecule has 0 fully saturated rings. The number of nitro benzene ring substituents is 1. The lowest BCUT2D eigenvalue weighted by atomic mass is 10.2. The summed E-state index contributed by atoms with van der Waals surface area (Å²) in [6, 6.07) is 9.15. The Balaban J connectivity index is 2.51. The number of carbonyl (C=O) groups is 2. The molecular weight excluding hydrogens is 380 g/mol. The largest absolute Gasteiger partial charge is 0.481 e. The summed E-state index contributed by atoms with van der Waals surface area (Å²) in [6.07, 6.45) is -0.519. The molecule has 0 aliphatic rings. The fourth-order valence-corrected chi connectivity index (χ4v) is 3.75. The second kappa shape index (κ2) is 7.83. The van der Waals surface area contributed by atoms with Crippen molar-refractivity contribution < 1.29 is 33.1 Å². The first-order chi connectivity index (χ1) is 12.6. The van der Waals surface area contributed by atoms with Crippen LogP contribution in [0.2, 0.25) is 0 Å². The molecule has 0 atom stereocenters. The van der Waals surface area contributed by atoms with E-state index in [9.17, 15) is 28.1 Å². The number of aliphatic carboxylic acids is 1. The summed E-state index contributed by atoms with van der Waals surface area (Å²) < 4.78 is 26.6. The van der Waals surface area contributed by atoms with E-state index < -0.39 is 45.5 Å². The molecule has 2 aromatic rings. The fourth-order valence-electron chi connectivity index (χ4n) is 2.24. The van der Waals surface area contributed by atoms with E-state index in [2.05, 4.69) is 0 Å². The number of rotatable bonds is 8. The van der Waals surface area contributed by atoms with Gasteiger partial charge in [-0.2, -0.15) is 0 Å². The minimum absolute atomic E-state index is 0.0350. The van der Waals surface area contributed by atoms with Crippen molar-refractivity contribution in [1.29, 1.82) is 0 Å². The number of sulfonamides is 1. The molecule has 142 valence electrons. The Morgan fingerprint density at radius 2 is 1.70 bits per heavy atom. The maximum Gasteiger partial charge on any atom is 0.335 e. The highest BCUT2D eigenvalue weighted by atomic mass is 32.2. The fraction of sp³-hybridized carbons (Fsp3) is 0.125. The standard InChI is InChI=1S/C16H14N2O8S/c19-15(20)8-9-17(12-6-4-11(5-7-12)16(21)22)27(25,26)14-3-1-2-13(10-14)18(23)24/h1-7,10H,8-9H2,(H,19,20)(H,21,22). The van der Waals surface area contributed by atoms with Crippen LogP contribution in [0.1, 0.15) is 16.8 Å². The molecule has 2 aromatic carbocycles. The number of hydrogen-bond donors (Lipinski definition) is 2. The van der Waals surface area contributed by atoms with Crippen LogP contribution >= 0.6 is 0 Å². The van der Waals surface area contributed by atoms with Gasteiger partial charge in [0.1, 0.15) is 0 Å². The zero-order valence-corrected chi connectivity index (χ0v) is 14.5. The number of carboxylic acids is 2. The van der Waals surface area contributed by atoms with E-state index in [1.807, 2.05) is 0 Å². The highest BCUT2D eigenvalue weighted by molar-refractivity contribution is 7.92. The van der Waals surface area contributed by atoms with E-state index in [-0.39, 0.29) is 16.1 Å². The number of non-ortho nitro benzene ring substituents is 1. The van der Waals surface area contributed by atoms with Gasteiger partial charge in [-0.1, -0.05) is 6.07 Å². The van der Waals surface area contributed by atoms with Crippen LogP contribution in [0.3, 0.4) is 0 Å². The Morgan fingerprint density at radius 3 is 2.22 bits per heavy atom. The molecule has 0 saturated heterocycles. The monoisotopic (exact) mass is 394 g/mol. The number of nitro groups is 1. The molecule has 27 heavy (non-hydrogen) atoms. The van der Waals surface area contributed by atoms with E-state index in [1.54, 1.807) is 0 Å². The lowest BCUT2D eigenvalue weighted by Gasteiger charge is -2.24. The molecule has 0 aliphatic heterocycles. The van der Waals surface area contributed by atoms with E-state index in [4.69, 9.17) is 10.2 Å². The van der Waals surface area contributed by atoms with Crippen LogP contribution < -0.4 is 4.31 Å². The number of hydrogen-bond acceptors (Lipinski definition) is 6. The molecule has 0 heterocycles. The highest BCUT2D eigenvalue weighted by Gasteiger charge is 2.27. The van der Waals surface area contributed by atoms with Gasteiger partial charge in [0.25, 0.3) is 15.7 Å².